The average molecular weight is 296 g/mol. The van der Waals surface area contributed by atoms with E-state index < -0.39 is 0 Å². The van der Waals surface area contributed by atoms with Crippen LogP contribution in [-0.4, -0.2) is 9.97 Å². The van der Waals surface area contributed by atoms with Crippen molar-refractivity contribution < 1.29 is 0 Å². The largest absolute Gasteiger partial charge is 0.255 e. The van der Waals surface area contributed by atoms with E-state index in [9.17, 15) is 0 Å². The van der Waals surface area contributed by atoms with Gasteiger partial charge in [0.2, 0.25) is 0 Å². The van der Waals surface area contributed by atoms with E-state index in [-0.39, 0.29) is 0 Å². The van der Waals surface area contributed by atoms with Crippen molar-refractivity contribution in [3.63, 3.8) is 0 Å². The number of aryl methyl sites for hydroxylation is 1. The predicted molar refractivity (Wildman–Crippen MR) is 90.9 cm³/mol. The maximum Gasteiger partial charge on any atom is 0.0819 e. The van der Waals surface area contributed by atoms with Crippen molar-refractivity contribution in [2.24, 2.45) is 0 Å². The van der Waals surface area contributed by atoms with Crippen LogP contribution in [0.15, 0.2) is 36.7 Å². The smallest absolute Gasteiger partial charge is 0.0819 e. The summed E-state index contributed by atoms with van der Waals surface area (Å²) in [5, 5.41) is 0. The second-order valence-corrected chi connectivity index (χ2v) is 6.49. The summed E-state index contributed by atoms with van der Waals surface area (Å²) in [6.45, 7) is 6.66. The van der Waals surface area contributed by atoms with Crippen molar-refractivity contribution >= 4 is 21.6 Å². The topological polar surface area (TPSA) is 25.8 Å². The zero-order chi connectivity index (χ0) is 14.8. The zero-order valence-electron chi connectivity index (χ0n) is 12.8. The van der Waals surface area contributed by atoms with Gasteiger partial charge in [-0.25, -0.2) is 0 Å². The van der Waals surface area contributed by atoms with E-state index in [1.807, 2.05) is 23.7 Å². The third-order valence-electron chi connectivity index (χ3n) is 4.07. The van der Waals surface area contributed by atoms with Crippen molar-refractivity contribution in [1.29, 1.82) is 0 Å². The van der Waals surface area contributed by atoms with Gasteiger partial charge >= 0.3 is 0 Å². The van der Waals surface area contributed by atoms with Crippen molar-refractivity contribution in [2.75, 3.05) is 0 Å². The Morgan fingerprint density at radius 3 is 2.67 bits per heavy atom. The van der Waals surface area contributed by atoms with Gasteiger partial charge in [0.15, 0.2) is 0 Å². The summed E-state index contributed by atoms with van der Waals surface area (Å²) in [4.78, 5) is 10.3. The number of rotatable bonds is 4. The molecule has 0 aliphatic rings. The van der Waals surface area contributed by atoms with Crippen LogP contribution >= 0.6 is 11.3 Å². The average Bonchev–Trinajstić information content (AvgIpc) is 2.98. The number of fused-ring (bicyclic) bond motifs is 1. The van der Waals surface area contributed by atoms with Gasteiger partial charge in [-0.1, -0.05) is 26.8 Å². The normalized spacial score (nSPS) is 12.7. The lowest BCUT2D eigenvalue weighted by molar-refractivity contribution is 0.740. The molecule has 21 heavy (non-hydrogen) atoms. The fraction of sp³-hybridized carbons (Fsp3) is 0.333. The van der Waals surface area contributed by atoms with Gasteiger partial charge in [-0.2, -0.15) is 0 Å². The fourth-order valence-corrected chi connectivity index (χ4v) is 3.69. The number of aromatic nitrogens is 2. The first-order valence-corrected chi connectivity index (χ1v) is 8.38. The second-order valence-electron chi connectivity index (χ2n) is 5.44. The minimum absolute atomic E-state index is 0.567. The second kappa shape index (κ2) is 5.94. The molecule has 3 heteroatoms. The maximum absolute atomic E-state index is 4.59. The van der Waals surface area contributed by atoms with E-state index in [1.165, 1.54) is 20.7 Å². The van der Waals surface area contributed by atoms with E-state index in [4.69, 9.17) is 0 Å². The molecule has 3 rings (SSSR count). The summed E-state index contributed by atoms with van der Waals surface area (Å²) in [5.74, 6) is 0.567. The van der Waals surface area contributed by atoms with E-state index in [1.54, 1.807) is 0 Å². The van der Waals surface area contributed by atoms with Crippen LogP contribution < -0.4 is 0 Å². The summed E-state index contributed by atoms with van der Waals surface area (Å²) in [5.41, 5.74) is 4.82. The van der Waals surface area contributed by atoms with Crippen LogP contribution in [0.25, 0.3) is 20.8 Å². The Balaban J connectivity index is 2.07. The molecule has 0 amide bonds. The van der Waals surface area contributed by atoms with E-state index >= 15 is 0 Å². The van der Waals surface area contributed by atoms with Gasteiger partial charge in [-0.15, -0.1) is 11.3 Å². The minimum Gasteiger partial charge on any atom is -0.255 e. The van der Waals surface area contributed by atoms with Crippen LogP contribution in [0.5, 0.6) is 0 Å². The van der Waals surface area contributed by atoms with Crippen LogP contribution in [-0.2, 0) is 6.42 Å². The van der Waals surface area contributed by atoms with Gasteiger partial charge in [0.1, 0.15) is 0 Å². The van der Waals surface area contributed by atoms with Gasteiger partial charge in [-0.3, -0.25) is 9.97 Å². The molecule has 3 aromatic heterocycles. The highest BCUT2D eigenvalue weighted by Gasteiger charge is 2.13. The molecule has 0 saturated heterocycles. The van der Waals surface area contributed by atoms with Gasteiger partial charge < -0.3 is 0 Å². The highest BCUT2D eigenvalue weighted by molar-refractivity contribution is 7.22. The van der Waals surface area contributed by atoms with Gasteiger partial charge in [0, 0.05) is 12.4 Å². The third kappa shape index (κ3) is 2.70. The number of hydrogen-bond acceptors (Lipinski definition) is 3. The van der Waals surface area contributed by atoms with Crippen molar-refractivity contribution in [3.8, 4) is 10.6 Å². The molecule has 2 nitrogen and oxygen atoms in total. The van der Waals surface area contributed by atoms with Crippen LogP contribution in [0, 0.1) is 0 Å². The molecule has 0 aliphatic heterocycles. The monoisotopic (exact) mass is 296 g/mol. The van der Waals surface area contributed by atoms with E-state index in [0.29, 0.717) is 5.92 Å². The molecule has 3 heterocycles. The molecule has 0 radical (unpaired) electrons. The van der Waals surface area contributed by atoms with Crippen molar-refractivity contribution in [3.05, 3.63) is 47.8 Å². The SMILES string of the molecule is CCc1ccc(-c2cc3nccc(C(C)CC)c3s2)nc1. The number of thiophene rings is 1. The van der Waals surface area contributed by atoms with Crippen molar-refractivity contribution in [2.45, 2.75) is 39.5 Å². The quantitative estimate of drug-likeness (QED) is 0.641. The maximum atomic E-state index is 4.59. The first kappa shape index (κ1) is 14.2. The molecule has 0 fully saturated rings. The van der Waals surface area contributed by atoms with Crippen LogP contribution in [0.2, 0.25) is 0 Å². The Labute approximate surface area is 129 Å². The molecular weight excluding hydrogens is 276 g/mol. The first-order chi connectivity index (χ1) is 10.2. The Kier molecular flexibility index (Phi) is 4.02. The Bertz CT molecular complexity index is 744. The molecule has 0 N–H and O–H groups in total. The molecule has 108 valence electrons. The van der Waals surface area contributed by atoms with E-state index in [2.05, 4.69) is 55.0 Å². The molecule has 0 spiro atoms. The predicted octanol–water partition coefficient (Wildman–Crippen LogP) is 5.43. The summed E-state index contributed by atoms with van der Waals surface area (Å²) in [7, 11) is 0. The molecule has 1 unspecified atom stereocenters. The standard InChI is InChI=1S/C18H20N2S/c1-4-12(3)14-8-9-19-16-10-17(21-18(14)16)15-7-6-13(5-2)11-20-15/h6-12H,4-5H2,1-3H3. The summed E-state index contributed by atoms with van der Waals surface area (Å²) >= 11 is 1.81. The lowest BCUT2D eigenvalue weighted by atomic mass is 9.99. The van der Waals surface area contributed by atoms with Crippen LogP contribution in [0.4, 0.5) is 0 Å². The van der Waals surface area contributed by atoms with Crippen molar-refractivity contribution in [1.82, 2.24) is 9.97 Å². The van der Waals surface area contributed by atoms with E-state index in [0.717, 1.165) is 24.1 Å². The van der Waals surface area contributed by atoms with Crippen LogP contribution in [0.1, 0.15) is 44.2 Å². The molecular formula is C18H20N2S. The van der Waals surface area contributed by atoms with Gasteiger partial charge in [0.25, 0.3) is 0 Å². The summed E-state index contributed by atoms with van der Waals surface area (Å²) < 4.78 is 1.31. The highest BCUT2D eigenvalue weighted by Crippen LogP contribution is 2.36. The highest BCUT2D eigenvalue weighted by atomic mass is 32.1. The molecule has 3 aromatic rings. The van der Waals surface area contributed by atoms with Crippen LogP contribution in [0.3, 0.4) is 0 Å². The fourth-order valence-electron chi connectivity index (χ4n) is 2.47. The zero-order valence-corrected chi connectivity index (χ0v) is 13.6. The van der Waals surface area contributed by atoms with Gasteiger partial charge in [-0.05, 0) is 48.1 Å². The van der Waals surface area contributed by atoms with Gasteiger partial charge in [0.05, 0.1) is 20.8 Å². The molecule has 0 aromatic carbocycles. The molecule has 0 aliphatic carbocycles. The Morgan fingerprint density at radius 2 is 2.00 bits per heavy atom. The number of nitrogens with zero attached hydrogens (tertiary/aromatic N) is 2. The summed E-state index contributed by atoms with van der Waals surface area (Å²) in [6, 6.07) is 8.60. The number of hydrogen-bond donors (Lipinski definition) is 0. The number of pyridine rings is 2. The Morgan fingerprint density at radius 1 is 1.14 bits per heavy atom. The summed E-state index contributed by atoms with van der Waals surface area (Å²) in [6.07, 6.45) is 6.08. The first-order valence-electron chi connectivity index (χ1n) is 7.56. The third-order valence-corrected chi connectivity index (χ3v) is 5.27. The lowest BCUT2D eigenvalue weighted by Crippen LogP contribution is -1.91. The minimum atomic E-state index is 0.567. The molecule has 0 bridgehead atoms. The molecule has 0 saturated carbocycles. The Hall–Kier alpha value is -1.74. The lowest BCUT2D eigenvalue weighted by Gasteiger charge is -2.09. The molecule has 1 atom stereocenters.